The van der Waals surface area contributed by atoms with E-state index >= 15 is 0 Å². The summed E-state index contributed by atoms with van der Waals surface area (Å²) >= 11 is 0. The molecule has 3 rings (SSSR count). The third-order valence-corrected chi connectivity index (χ3v) is 5.79. The highest BCUT2D eigenvalue weighted by Gasteiger charge is 2.33. The van der Waals surface area contributed by atoms with Crippen LogP contribution in [0.3, 0.4) is 0 Å². The highest BCUT2D eigenvalue weighted by molar-refractivity contribution is 7.92. The first-order valence-corrected chi connectivity index (χ1v) is 8.83. The van der Waals surface area contributed by atoms with Crippen molar-refractivity contribution in [3.8, 4) is 0 Å². The van der Waals surface area contributed by atoms with Crippen LogP contribution in [0.1, 0.15) is 22.3 Å². The molecule has 6 nitrogen and oxygen atoms in total. The van der Waals surface area contributed by atoms with Gasteiger partial charge in [0.1, 0.15) is 5.71 Å². The number of rotatable bonds is 2. The number of para-hydroxylation sites is 1. The van der Waals surface area contributed by atoms with Gasteiger partial charge in [-0.3, -0.25) is 9.10 Å². The Labute approximate surface area is 140 Å². The van der Waals surface area contributed by atoms with E-state index in [-0.39, 0.29) is 29.1 Å². The average molecular weight is 344 g/mol. The van der Waals surface area contributed by atoms with Crippen molar-refractivity contribution in [3.05, 3.63) is 59.7 Å². The van der Waals surface area contributed by atoms with Gasteiger partial charge in [-0.25, -0.2) is 8.42 Å². The van der Waals surface area contributed by atoms with Gasteiger partial charge in [0.25, 0.3) is 10.0 Å². The third kappa shape index (κ3) is 2.67. The highest BCUT2D eigenvalue weighted by Crippen LogP contribution is 2.30. The second-order valence-corrected chi connectivity index (χ2v) is 7.40. The first-order chi connectivity index (χ1) is 11.4. The first kappa shape index (κ1) is 16.2. The van der Waals surface area contributed by atoms with Gasteiger partial charge in [0.15, 0.2) is 0 Å². The van der Waals surface area contributed by atoms with E-state index in [1.54, 1.807) is 42.5 Å². The number of carbonyl (C=O) groups is 1. The van der Waals surface area contributed by atoms with Crippen LogP contribution in [0.4, 0.5) is 5.69 Å². The zero-order valence-electron chi connectivity index (χ0n) is 13.0. The number of Topliss-reactive ketones (excluding diaryl/α,β-unsaturated/α-hetero) is 1. The average Bonchev–Trinajstić information content (AvgIpc) is 2.72. The maximum Gasteiger partial charge on any atom is 0.264 e. The molecular weight excluding hydrogens is 328 g/mol. The lowest BCUT2D eigenvalue weighted by Gasteiger charge is -2.24. The minimum Gasteiger partial charge on any atom is -0.411 e. The number of anilines is 1. The van der Waals surface area contributed by atoms with E-state index in [1.807, 2.05) is 6.92 Å². The van der Waals surface area contributed by atoms with Crippen molar-refractivity contribution in [2.45, 2.75) is 18.2 Å². The van der Waals surface area contributed by atoms with Gasteiger partial charge in [-0.2, -0.15) is 0 Å². The lowest BCUT2D eigenvalue weighted by molar-refractivity contribution is 0.106. The van der Waals surface area contributed by atoms with Crippen molar-refractivity contribution >= 4 is 27.2 Å². The summed E-state index contributed by atoms with van der Waals surface area (Å²) in [5, 5.41) is 12.1. The minimum absolute atomic E-state index is 0.0261. The number of oxime groups is 1. The number of nitrogens with zero attached hydrogens (tertiary/aromatic N) is 2. The van der Waals surface area contributed by atoms with Gasteiger partial charge in [0, 0.05) is 18.5 Å². The molecule has 1 aliphatic heterocycles. The van der Waals surface area contributed by atoms with Crippen LogP contribution in [0.5, 0.6) is 0 Å². The van der Waals surface area contributed by atoms with Crippen LogP contribution in [0.2, 0.25) is 0 Å². The van der Waals surface area contributed by atoms with Gasteiger partial charge in [0.2, 0.25) is 5.78 Å². The molecule has 0 fully saturated rings. The summed E-state index contributed by atoms with van der Waals surface area (Å²) in [5.74, 6) is -0.463. The van der Waals surface area contributed by atoms with Crippen LogP contribution < -0.4 is 4.31 Å². The van der Waals surface area contributed by atoms with Crippen molar-refractivity contribution in [3.63, 3.8) is 0 Å². The maximum absolute atomic E-state index is 13.0. The molecule has 1 N–H and O–H groups in total. The summed E-state index contributed by atoms with van der Waals surface area (Å²) in [6.07, 6.45) is 0.0368. The van der Waals surface area contributed by atoms with E-state index in [0.29, 0.717) is 5.69 Å². The highest BCUT2D eigenvalue weighted by atomic mass is 32.2. The van der Waals surface area contributed by atoms with E-state index in [4.69, 9.17) is 5.21 Å². The van der Waals surface area contributed by atoms with Gasteiger partial charge in [0.05, 0.1) is 10.6 Å². The molecule has 0 unspecified atom stereocenters. The number of fused-ring (bicyclic) bond motifs is 1. The van der Waals surface area contributed by atoms with Gasteiger partial charge in [-0.15, -0.1) is 0 Å². The largest absolute Gasteiger partial charge is 0.411 e. The number of sulfonamides is 1. The molecule has 0 spiro atoms. The Hall–Kier alpha value is -2.67. The molecule has 0 atom stereocenters. The van der Waals surface area contributed by atoms with Gasteiger partial charge in [-0.1, -0.05) is 35.0 Å². The summed E-state index contributed by atoms with van der Waals surface area (Å²) in [5.41, 5.74) is 1.40. The Morgan fingerprint density at radius 1 is 1.08 bits per heavy atom. The zero-order chi connectivity index (χ0) is 17.3. The van der Waals surface area contributed by atoms with Crippen molar-refractivity contribution in [1.29, 1.82) is 0 Å². The molecule has 124 valence electrons. The molecule has 0 aliphatic carbocycles. The molecule has 0 amide bonds. The van der Waals surface area contributed by atoms with Crippen molar-refractivity contribution in [2.24, 2.45) is 5.16 Å². The Morgan fingerprint density at radius 3 is 2.42 bits per heavy atom. The predicted octanol–water partition coefficient (Wildman–Crippen LogP) is 2.61. The maximum atomic E-state index is 13.0. The van der Waals surface area contributed by atoms with E-state index in [2.05, 4.69) is 5.16 Å². The van der Waals surface area contributed by atoms with E-state index in [0.717, 1.165) is 5.56 Å². The molecule has 0 saturated carbocycles. The molecule has 24 heavy (non-hydrogen) atoms. The summed E-state index contributed by atoms with van der Waals surface area (Å²) in [6.45, 7) is 1.90. The molecule has 2 aromatic rings. The van der Waals surface area contributed by atoms with E-state index in [1.165, 1.54) is 10.4 Å². The summed E-state index contributed by atoms with van der Waals surface area (Å²) in [7, 11) is -3.83. The predicted molar refractivity (Wildman–Crippen MR) is 90.3 cm³/mol. The zero-order valence-corrected chi connectivity index (χ0v) is 13.8. The normalized spacial score (nSPS) is 16.8. The van der Waals surface area contributed by atoms with Crippen molar-refractivity contribution in [1.82, 2.24) is 0 Å². The lowest BCUT2D eigenvalue weighted by atomic mass is 10.1. The second-order valence-electron chi connectivity index (χ2n) is 5.53. The Bertz CT molecular complexity index is 918. The van der Waals surface area contributed by atoms with Crippen LogP contribution in [-0.4, -0.2) is 31.7 Å². The molecular formula is C17H16N2O4S. The fourth-order valence-electron chi connectivity index (χ4n) is 2.66. The number of ketones is 1. The summed E-state index contributed by atoms with van der Waals surface area (Å²) < 4.78 is 27.3. The van der Waals surface area contributed by atoms with Crippen LogP contribution in [-0.2, 0) is 10.0 Å². The Balaban J connectivity index is 2.16. The van der Waals surface area contributed by atoms with Gasteiger partial charge < -0.3 is 5.21 Å². The quantitative estimate of drug-likeness (QED) is 0.670. The summed E-state index contributed by atoms with van der Waals surface area (Å²) in [6, 6.07) is 13.0. The van der Waals surface area contributed by atoms with E-state index < -0.39 is 15.8 Å². The SMILES string of the molecule is Cc1ccc(S(=O)(=O)N2CC/C(=N\O)C(=O)c3ccccc32)cc1. The molecule has 2 aromatic carbocycles. The molecule has 0 aromatic heterocycles. The van der Waals surface area contributed by atoms with Crippen LogP contribution >= 0.6 is 0 Å². The summed E-state index contributed by atoms with van der Waals surface area (Å²) in [4.78, 5) is 12.6. The minimum atomic E-state index is -3.83. The molecule has 1 heterocycles. The standard InChI is InChI=1S/C17H16N2O4S/c1-12-6-8-13(9-7-12)24(22,23)19-11-10-15(18-21)17(20)14-4-2-3-5-16(14)19/h2-9,21H,10-11H2,1H3/b18-15+. The van der Waals surface area contributed by atoms with E-state index in [9.17, 15) is 13.2 Å². The van der Waals surface area contributed by atoms with Crippen LogP contribution in [0.25, 0.3) is 0 Å². The Morgan fingerprint density at radius 2 is 1.75 bits per heavy atom. The third-order valence-electron chi connectivity index (χ3n) is 3.96. The Kier molecular flexibility index (Phi) is 4.11. The second kappa shape index (κ2) is 6.09. The van der Waals surface area contributed by atoms with Crippen LogP contribution in [0, 0.1) is 6.92 Å². The fourth-order valence-corrected chi connectivity index (χ4v) is 4.15. The first-order valence-electron chi connectivity index (χ1n) is 7.39. The van der Waals surface area contributed by atoms with Crippen molar-refractivity contribution in [2.75, 3.05) is 10.8 Å². The van der Waals surface area contributed by atoms with Crippen molar-refractivity contribution < 1.29 is 18.4 Å². The number of hydrogen-bond donors (Lipinski definition) is 1. The number of benzene rings is 2. The monoisotopic (exact) mass is 344 g/mol. The molecule has 1 aliphatic rings. The number of carbonyl (C=O) groups excluding carboxylic acids is 1. The molecule has 7 heteroatoms. The lowest BCUT2D eigenvalue weighted by Crippen LogP contribution is -2.32. The smallest absolute Gasteiger partial charge is 0.264 e. The number of aryl methyl sites for hydroxylation is 1. The molecule has 0 bridgehead atoms. The van der Waals surface area contributed by atoms with Crippen LogP contribution in [0.15, 0.2) is 58.6 Å². The fraction of sp³-hybridized carbons (Fsp3) is 0.176. The van der Waals surface area contributed by atoms with Gasteiger partial charge in [-0.05, 0) is 31.2 Å². The molecule has 0 radical (unpaired) electrons. The number of hydrogen-bond acceptors (Lipinski definition) is 5. The molecule has 0 saturated heterocycles. The van der Waals surface area contributed by atoms with Gasteiger partial charge >= 0.3 is 0 Å². The topological polar surface area (TPSA) is 87.0 Å².